The summed E-state index contributed by atoms with van der Waals surface area (Å²) < 4.78 is 40.5. The molecule has 0 spiro atoms. The Morgan fingerprint density at radius 1 is 0.955 bits per heavy atom. The largest absolute Gasteiger partial charge is 0.480 e. The molecule has 11 nitrogen and oxygen atoms in total. The lowest BCUT2D eigenvalue weighted by Crippen LogP contribution is -2.64. The molecule has 2 atom stereocenters. The maximum Gasteiger partial charge on any atom is 0.324 e. The molecule has 1 saturated heterocycles. The first-order valence-electron chi connectivity index (χ1n) is 14.1. The third-order valence-corrected chi connectivity index (χ3v) is 9.23. The zero-order valence-corrected chi connectivity index (χ0v) is 26.0. The highest BCUT2D eigenvalue weighted by atomic mass is 32.2. The van der Waals surface area contributed by atoms with Gasteiger partial charge in [-0.15, -0.1) is 0 Å². The first kappa shape index (κ1) is 32.6. The predicted octanol–water partition coefficient (Wildman–Crippen LogP) is 2.29. The Balaban J connectivity index is 1.49. The van der Waals surface area contributed by atoms with Crippen molar-refractivity contribution in [3.8, 4) is 5.75 Å². The van der Waals surface area contributed by atoms with Crippen molar-refractivity contribution in [1.29, 1.82) is 0 Å². The Bertz CT molecular complexity index is 1600. The van der Waals surface area contributed by atoms with Crippen molar-refractivity contribution >= 4 is 27.8 Å². The van der Waals surface area contributed by atoms with Crippen LogP contribution in [-0.2, 0) is 36.4 Å². The quantitative estimate of drug-likeness (QED) is 0.291. The summed E-state index contributed by atoms with van der Waals surface area (Å²) in [6.07, 6.45) is -0.962. The minimum absolute atomic E-state index is 0.0154. The Kier molecular flexibility index (Phi) is 9.77. The number of hydrogen-bond donors (Lipinski definition) is 2. The zero-order chi connectivity index (χ0) is 32.2. The number of amides is 2. The second kappa shape index (κ2) is 13.2. The summed E-state index contributed by atoms with van der Waals surface area (Å²) in [5.41, 5.74) is 12.2. The molecule has 4 rings (SSSR count). The fraction of sp³-hybridized carbons (Fsp3) is 0.344. The second-order valence-electron chi connectivity index (χ2n) is 11.4. The van der Waals surface area contributed by atoms with Gasteiger partial charge in [-0.3, -0.25) is 14.4 Å². The molecule has 3 aromatic carbocycles. The molecular weight excluding hydrogens is 584 g/mol. The summed E-state index contributed by atoms with van der Waals surface area (Å²) in [5, 5.41) is 0. The minimum Gasteiger partial charge on any atom is -0.480 e. The topological polar surface area (TPSA) is 162 Å². The van der Waals surface area contributed by atoms with Crippen molar-refractivity contribution < 1.29 is 32.3 Å². The van der Waals surface area contributed by atoms with Gasteiger partial charge in [-0.2, -0.15) is 4.31 Å². The first-order valence-corrected chi connectivity index (χ1v) is 15.6. The highest BCUT2D eigenvalue weighted by Gasteiger charge is 2.52. The molecule has 12 heteroatoms. The van der Waals surface area contributed by atoms with Crippen molar-refractivity contribution in [2.24, 2.45) is 17.4 Å². The minimum atomic E-state index is -3.94. The molecule has 1 unspecified atom stereocenters. The van der Waals surface area contributed by atoms with E-state index in [0.717, 1.165) is 5.56 Å². The van der Waals surface area contributed by atoms with Crippen LogP contribution in [0.25, 0.3) is 0 Å². The Labute approximate surface area is 257 Å². The number of ether oxygens (including phenoxy) is 2. The van der Waals surface area contributed by atoms with Crippen molar-refractivity contribution in [2.75, 3.05) is 27.2 Å². The van der Waals surface area contributed by atoms with Crippen LogP contribution in [0.2, 0.25) is 0 Å². The van der Waals surface area contributed by atoms with Gasteiger partial charge < -0.3 is 25.8 Å². The van der Waals surface area contributed by atoms with Crippen LogP contribution in [0.1, 0.15) is 35.3 Å². The molecule has 1 heterocycles. The molecule has 4 N–H and O–H groups in total. The van der Waals surface area contributed by atoms with Crippen LogP contribution >= 0.6 is 0 Å². The number of carbonyl (C=O) groups is 3. The number of nitrogens with two attached hydrogens (primary N) is 2. The number of primary amides is 1. The molecule has 0 bridgehead atoms. The monoisotopic (exact) mass is 622 g/mol. The van der Waals surface area contributed by atoms with Gasteiger partial charge in [0.05, 0.1) is 18.0 Å². The molecule has 1 fully saturated rings. The number of esters is 1. The molecule has 0 radical (unpaired) electrons. The number of nitrogens with zero attached hydrogens (tertiary/aromatic N) is 2. The van der Waals surface area contributed by atoms with E-state index in [0.29, 0.717) is 16.9 Å². The van der Waals surface area contributed by atoms with Gasteiger partial charge in [-0.1, -0.05) is 56.3 Å². The van der Waals surface area contributed by atoms with E-state index in [1.807, 2.05) is 30.3 Å². The van der Waals surface area contributed by atoms with Crippen LogP contribution in [0.3, 0.4) is 0 Å². The van der Waals surface area contributed by atoms with E-state index in [4.69, 9.17) is 20.9 Å². The number of sulfonamides is 1. The van der Waals surface area contributed by atoms with E-state index in [-0.39, 0.29) is 36.2 Å². The Hall–Kier alpha value is -4.26. The number of benzene rings is 3. The molecule has 234 valence electrons. The van der Waals surface area contributed by atoms with Crippen molar-refractivity contribution in [2.45, 2.75) is 42.9 Å². The van der Waals surface area contributed by atoms with E-state index < -0.39 is 39.6 Å². The third kappa shape index (κ3) is 7.09. The van der Waals surface area contributed by atoms with Gasteiger partial charge in [-0.25, -0.2) is 8.42 Å². The molecule has 2 amide bonds. The number of likely N-dealkylation sites (N-methyl/N-ethyl adjacent to an activating group) is 1. The smallest absolute Gasteiger partial charge is 0.324 e. The van der Waals surface area contributed by atoms with Gasteiger partial charge in [0.1, 0.15) is 11.8 Å². The number of rotatable bonds is 12. The van der Waals surface area contributed by atoms with E-state index >= 15 is 0 Å². The Morgan fingerprint density at radius 2 is 1.59 bits per heavy atom. The highest BCUT2D eigenvalue weighted by Crippen LogP contribution is 2.40. The first-order chi connectivity index (χ1) is 20.7. The van der Waals surface area contributed by atoms with Crippen LogP contribution in [0.4, 0.5) is 0 Å². The summed E-state index contributed by atoms with van der Waals surface area (Å²) in [6.45, 7) is 3.63. The van der Waals surface area contributed by atoms with Crippen LogP contribution in [0, 0.1) is 5.92 Å². The lowest BCUT2D eigenvalue weighted by atomic mass is 9.87. The molecular formula is C32H38N4O7S. The number of hydrogen-bond acceptors (Lipinski definition) is 8. The van der Waals surface area contributed by atoms with Gasteiger partial charge in [0.15, 0.2) is 11.7 Å². The normalized spacial score (nSPS) is 16.0. The van der Waals surface area contributed by atoms with Crippen molar-refractivity contribution in [3.05, 3.63) is 95.6 Å². The van der Waals surface area contributed by atoms with Crippen LogP contribution in [-0.4, -0.2) is 74.7 Å². The van der Waals surface area contributed by atoms with Gasteiger partial charge in [0, 0.05) is 19.7 Å². The average molecular weight is 623 g/mol. The average Bonchev–Trinajstić information content (AvgIpc) is 2.97. The fourth-order valence-electron chi connectivity index (χ4n) is 4.91. The van der Waals surface area contributed by atoms with Gasteiger partial charge in [0.25, 0.3) is 5.91 Å². The SMILES string of the molecule is CC(C)C(OC(=O)[C@@H](N)Cc1cccc(S(=O)(=O)N2CC(Oc3ccc(C(N)=O)cc3)(c3ccccc3)C2)c1)C(=O)N(C)C. The zero-order valence-electron chi connectivity index (χ0n) is 25.2. The maximum atomic E-state index is 13.7. The maximum absolute atomic E-state index is 13.7. The summed E-state index contributed by atoms with van der Waals surface area (Å²) in [5.74, 6) is -1.45. The van der Waals surface area contributed by atoms with E-state index in [1.165, 1.54) is 21.3 Å². The second-order valence-corrected chi connectivity index (χ2v) is 13.4. The molecule has 1 aliphatic rings. The van der Waals surface area contributed by atoms with E-state index in [1.54, 1.807) is 64.3 Å². The third-order valence-electron chi connectivity index (χ3n) is 7.44. The molecule has 1 aliphatic heterocycles. The molecule has 44 heavy (non-hydrogen) atoms. The molecule has 0 aliphatic carbocycles. The fourth-order valence-corrected chi connectivity index (χ4v) is 6.52. The van der Waals surface area contributed by atoms with Crippen molar-refractivity contribution in [3.63, 3.8) is 0 Å². The van der Waals surface area contributed by atoms with Crippen LogP contribution in [0.5, 0.6) is 5.75 Å². The molecule has 3 aromatic rings. The summed E-state index contributed by atoms with van der Waals surface area (Å²) in [7, 11) is -0.781. The molecule has 0 saturated carbocycles. The van der Waals surface area contributed by atoms with E-state index in [2.05, 4.69) is 0 Å². The highest BCUT2D eigenvalue weighted by molar-refractivity contribution is 7.89. The predicted molar refractivity (Wildman–Crippen MR) is 164 cm³/mol. The molecule has 0 aromatic heterocycles. The summed E-state index contributed by atoms with van der Waals surface area (Å²) >= 11 is 0. The van der Waals surface area contributed by atoms with Gasteiger partial charge >= 0.3 is 5.97 Å². The van der Waals surface area contributed by atoms with Gasteiger partial charge in [-0.05, 0) is 59.9 Å². The lowest BCUT2D eigenvalue weighted by molar-refractivity contribution is -0.163. The summed E-state index contributed by atoms with van der Waals surface area (Å²) in [6, 6.07) is 20.8. The lowest BCUT2D eigenvalue weighted by Gasteiger charge is -2.48. The van der Waals surface area contributed by atoms with Crippen LogP contribution < -0.4 is 16.2 Å². The standard InChI is InChI=1S/C32H38N4O7S/c1-21(2)28(30(38)35(3)4)42-31(39)27(33)18-22-9-8-12-26(17-22)44(40,41)36-19-32(20-36,24-10-6-5-7-11-24)43-25-15-13-23(14-16-25)29(34)37/h5-17,21,27-28H,18-20,33H2,1-4H3,(H2,34,37)/t27-,28?/m0/s1. The summed E-state index contributed by atoms with van der Waals surface area (Å²) in [4.78, 5) is 38.1. The number of carbonyl (C=O) groups excluding carboxylic acids is 3. The van der Waals surface area contributed by atoms with E-state index in [9.17, 15) is 22.8 Å². The van der Waals surface area contributed by atoms with Gasteiger partial charge in [0.2, 0.25) is 15.9 Å². The Morgan fingerprint density at radius 3 is 2.16 bits per heavy atom. The van der Waals surface area contributed by atoms with Crippen LogP contribution in [0.15, 0.2) is 83.8 Å². The van der Waals surface area contributed by atoms with Crippen molar-refractivity contribution in [1.82, 2.24) is 9.21 Å².